The van der Waals surface area contributed by atoms with E-state index in [1.54, 1.807) is 6.20 Å². The fourth-order valence-corrected chi connectivity index (χ4v) is 1.71. The van der Waals surface area contributed by atoms with Crippen LogP contribution in [0.1, 0.15) is 19.4 Å². The molecule has 3 nitrogen and oxygen atoms in total. The molecule has 0 aliphatic heterocycles. The fraction of sp³-hybridized carbons (Fsp3) is 0.200. The molecule has 0 saturated heterocycles. The van der Waals surface area contributed by atoms with Crippen molar-refractivity contribution in [2.24, 2.45) is 0 Å². The van der Waals surface area contributed by atoms with Crippen molar-refractivity contribution >= 4 is 16.6 Å². The third-order valence-electron chi connectivity index (χ3n) is 2.69. The number of hydrogen-bond donors (Lipinski definition) is 1. The zero-order chi connectivity index (χ0) is 13.2. The van der Waals surface area contributed by atoms with Crippen LogP contribution in [0.25, 0.3) is 10.9 Å². The van der Waals surface area contributed by atoms with Gasteiger partial charge in [0.25, 0.3) is 0 Å². The average Bonchev–Trinajstić information content (AvgIpc) is 2.39. The highest BCUT2D eigenvalue weighted by Crippen LogP contribution is 2.27. The summed E-state index contributed by atoms with van der Waals surface area (Å²) in [5, 5.41) is 13.3. The Bertz CT molecular complexity index is 672. The molecule has 0 bridgehead atoms. The van der Waals surface area contributed by atoms with Crippen LogP contribution in [0, 0.1) is 23.7 Å². The number of hydrogen-bond acceptors (Lipinski definition) is 3. The normalized spacial score (nSPS) is 10.7. The zero-order valence-electron chi connectivity index (χ0n) is 10.4. The lowest BCUT2D eigenvalue weighted by Crippen LogP contribution is -2.29. The highest BCUT2D eigenvalue weighted by Gasteiger charge is 2.17. The van der Waals surface area contributed by atoms with E-state index in [0.29, 0.717) is 5.56 Å². The maximum absolute atomic E-state index is 9.17. The van der Waals surface area contributed by atoms with Crippen molar-refractivity contribution in [3.8, 4) is 18.4 Å². The summed E-state index contributed by atoms with van der Waals surface area (Å²) < 4.78 is 0. The molecule has 1 heterocycles. The van der Waals surface area contributed by atoms with Crippen LogP contribution in [-0.2, 0) is 0 Å². The number of para-hydroxylation sites is 1. The van der Waals surface area contributed by atoms with Crippen molar-refractivity contribution in [3.05, 3.63) is 36.0 Å². The van der Waals surface area contributed by atoms with Gasteiger partial charge in [-0.05, 0) is 19.9 Å². The number of nitrogens with one attached hydrogen (secondary N) is 1. The Hall–Kier alpha value is -2.52. The molecule has 1 N–H and O–H groups in total. The number of terminal acetylenes is 1. The number of aromatic nitrogens is 1. The lowest BCUT2D eigenvalue weighted by Gasteiger charge is -2.23. The number of anilines is 1. The molecule has 3 heteroatoms. The molecule has 18 heavy (non-hydrogen) atoms. The molecule has 1 aromatic carbocycles. The molecule has 0 amide bonds. The van der Waals surface area contributed by atoms with E-state index in [0.717, 1.165) is 16.6 Å². The first-order chi connectivity index (χ1) is 8.57. The van der Waals surface area contributed by atoms with Crippen LogP contribution in [0.15, 0.2) is 30.5 Å². The molecule has 1 aromatic heterocycles. The molecule has 88 valence electrons. The van der Waals surface area contributed by atoms with Crippen molar-refractivity contribution in [2.45, 2.75) is 19.4 Å². The molecule has 0 fully saturated rings. The number of pyridine rings is 1. The van der Waals surface area contributed by atoms with Crippen LogP contribution in [-0.4, -0.2) is 10.5 Å². The SMILES string of the molecule is C#CC(C)(C)Nc1c(C#N)cnc2ccccc12. The molecule has 0 unspecified atom stereocenters. The molecule has 0 atom stereocenters. The van der Waals surface area contributed by atoms with E-state index in [1.807, 2.05) is 38.1 Å². The van der Waals surface area contributed by atoms with Crippen LogP contribution in [0.2, 0.25) is 0 Å². The van der Waals surface area contributed by atoms with E-state index >= 15 is 0 Å². The minimum absolute atomic E-state index is 0.497. The van der Waals surface area contributed by atoms with Gasteiger partial charge in [-0.2, -0.15) is 5.26 Å². The highest BCUT2D eigenvalue weighted by molar-refractivity contribution is 5.94. The molecule has 2 aromatic rings. The van der Waals surface area contributed by atoms with Gasteiger partial charge in [-0.25, -0.2) is 0 Å². The summed E-state index contributed by atoms with van der Waals surface area (Å²) in [5.74, 6) is 2.66. The minimum Gasteiger partial charge on any atom is -0.368 e. The maximum Gasteiger partial charge on any atom is 0.103 e. The van der Waals surface area contributed by atoms with Crippen LogP contribution >= 0.6 is 0 Å². The van der Waals surface area contributed by atoms with Gasteiger partial charge in [0.05, 0.1) is 22.3 Å². The first-order valence-electron chi connectivity index (χ1n) is 5.61. The first-order valence-corrected chi connectivity index (χ1v) is 5.61. The standard InChI is InChI=1S/C15H13N3/c1-4-15(2,3)18-14-11(9-16)10-17-13-8-6-5-7-12(13)14/h1,5-8,10H,2-3H3,(H,17,18). The van der Waals surface area contributed by atoms with E-state index in [4.69, 9.17) is 11.7 Å². The molecule has 2 rings (SSSR count). The Morgan fingerprint density at radius 1 is 1.33 bits per heavy atom. The first kappa shape index (κ1) is 12.0. The molecule has 0 aliphatic rings. The minimum atomic E-state index is -0.518. The maximum atomic E-state index is 9.17. The van der Waals surface area contributed by atoms with Crippen molar-refractivity contribution in [2.75, 3.05) is 5.32 Å². The molecular formula is C15H13N3. The average molecular weight is 235 g/mol. The smallest absolute Gasteiger partial charge is 0.103 e. The van der Waals surface area contributed by atoms with Gasteiger partial charge in [0.1, 0.15) is 6.07 Å². The van der Waals surface area contributed by atoms with Crippen LogP contribution in [0.5, 0.6) is 0 Å². The van der Waals surface area contributed by atoms with E-state index < -0.39 is 5.54 Å². The second kappa shape index (κ2) is 4.39. The number of fused-ring (bicyclic) bond motifs is 1. The Balaban J connectivity index is 2.67. The summed E-state index contributed by atoms with van der Waals surface area (Å²) in [6, 6.07) is 9.81. The van der Waals surface area contributed by atoms with E-state index in [2.05, 4.69) is 22.3 Å². The Labute approximate surface area is 106 Å². The van der Waals surface area contributed by atoms with Crippen molar-refractivity contribution in [1.82, 2.24) is 4.98 Å². The summed E-state index contributed by atoms with van der Waals surface area (Å²) in [5.41, 5.74) is 1.56. The Kier molecular flexibility index (Phi) is 2.92. The van der Waals surface area contributed by atoms with Crippen molar-refractivity contribution < 1.29 is 0 Å². The van der Waals surface area contributed by atoms with Gasteiger partial charge in [-0.1, -0.05) is 24.1 Å². The molecular weight excluding hydrogens is 222 g/mol. The Morgan fingerprint density at radius 3 is 2.72 bits per heavy atom. The third-order valence-corrected chi connectivity index (χ3v) is 2.69. The van der Waals surface area contributed by atoms with Crippen molar-refractivity contribution in [3.63, 3.8) is 0 Å². The summed E-state index contributed by atoms with van der Waals surface area (Å²) in [6.45, 7) is 3.78. The largest absolute Gasteiger partial charge is 0.368 e. The van der Waals surface area contributed by atoms with Gasteiger partial charge in [0.15, 0.2) is 0 Å². The summed E-state index contributed by atoms with van der Waals surface area (Å²) in [7, 11) is 0. The van der Waals surface area contributed by atoms with E-state index in [1.165, 1.54) is 0 Å². The van der Waals surface area contributed by atoms with E-state index in [-0.39, 0.29) is 0 Å². The monoisotopic (exact) mass is 235 g/mol. The van der Waals surface area contributed by atoms with Crippen LogP contribution in [0.3, 0.4) is 0 Å². The number of rotatable bonds is 2. The summed E-state index contributed by atoms with van der Waals surface area (Å²) in [4.78, 5) is 4.25. The number of nitrogens with zero attached hydrogens (tertiary/aromatic N) is 2. The second-order valence-electron chi connectivity index (χ2n) is 4.57. The van der Waals surface area contributed by atoms with Gasteiger partial charge in [0, 0.05) is 11.6 Å². The quantitative estimate of drug-likeness (QED) is 0.814. The van der Waals surface area contributed by atoms with Gasteiger partial charge in [-0.3, -0.25) is 4.98 Å². The lowest BCUT2D eigenvalue weighted by molar-refractivity contribution is 0.742. The van der Waals surface area contributed by atoms with Crippen LogP contribution in [0.4, 0.5) is 5.69 Å². The third kappa shape index (κ3) is 2.12. The predicted octanol–water partition coefficient (Wildman–Crippen LogP) is 2.93. The predicted molar refractivity (Wildman–Crippen MR) is 73.0 cm³/mol. The van der Waals surface area contributed by atoms with E-state index in [9.17, 15) is 0 Å². The van der Waals surface area contributed by atoms with Gasteiger partial charge < -0.3 is 5.32 Å². The molecule has 0 spiro atoms. The zero-order valence-corrected chi connectivity index (χ0v) is 10.4. The molecule has 0 saturated carbocycles. The highest BCUT2D eigenvalue weighted by atomic mass is 15.0. The Morgan fingerprint density at radius 2 is 2.06 bits per heavy atom. The topological polar surface area (TPSA) is 48.7 Å². The van der Waals surface area contributed by atoms with Crippen molar-refractivity contribution in [1.29, 1.82) is 5.26 Å². The number of nitriles is 1. The van der Waals surface area contributed by atoms with Crippen LogP contribution < -0.4 is 5.32 Å². The molecule has 0 radical (unpaired) electrons. The van der Waals surface area contributed by atoms with Gasteiger partial charge >= 0.3 is 0 Å². The molecule has 0 aliphatic carbocycles. The fourth-order valence-electron chi connectivity index (χ4n) is 1.71. The summed E-state index contributed by atoms with van der Waals surface area (Å²) >= 11 is 0. The summed E-state index contributed by atoms with van der Waals surface area (Å²) in [6.07, 6.45) is 7.05. The van der Waals surface area contributed by atoms with Gasteiger partial charge in [0.2, 0.25) is 0 Å². The lowest BCUT2D eigenvalue weighted by atomic mass is 10.0. The van der Waals surface area contributed by atoms with Gasteiger partial charge in [-0.15, -0.1) is 6.42 Å². The number of benzene rings is 1. The second-order valence-corrected chi connectivity index (χ2v) is 4.57.